The first-order valence-corrected chi connectivity index (χ1v) is 8.34. The molecule has 0 saturated heterocycles. The average Bonchev–Trinajstić information content (AvgIpc) is 2.95. The minimum atomic E-state index is -0.269. The fraction of sp³-hybridized carbons (Fsp3) is 0.316. The second-order valence-electron chi connectivity index (χ2n) is 6.58. The third-order valence-electron chi connectivity index (χ3n) is 4.97. The molecular formula is C19H19FN4O. The van der Waals surface area contributed by atoms with Crippen LogP contribution in [0, 0.1) is 12.7 Å². The first-order chi connectivity index (χ1) is 12.0. The van der Waals surface area contributed by atoms with Gasteiger partial charge in [0.05, 0.1) is 23.2 Å². The second kappa shape index (κ2) is 5.65. The van der Waals surface area contributed by atoms with Crippen molar-refractivity contribution in [2.75, 3.05) is 6.54 Å². The number of benzene rings is 1. The molecule has 3 aromatic rings. The molecule has 2 aromatic heterocycles. The molecule has 0 saturated carbocycles. The fourth-order valence-electron chi connectivity index (χ4n) is 3.63. The van der Waals surface area contributed by atoms with Gasteiger partial charge < -0.3 is 4.90 Å². The molecule has 128 valence electrons. The maximum atomic E-state index is 13.7. The van der Waals surface area contributed by atoms with Gasteiger partial charge in [-0.25, -0.2) is 9.37 Å². The molecule has 0 bridgehead atoms. The largest absolute Gasteiger partial charge is 0.332 e. The zero-order valence-corrected chi connectivity index (χ0v) is 14.5. The molecule has 1 aliphatic rings. The summed E-state index contributed by atoms with van der Waals surface area (Å²) in [6.45, 7) is 4.43. The molecule has 0 radical (unpaired) electrons. The zero-order valence-electron chi connectivity index (χ0n) is 14.5. The number of hydrogen-bond acceptors (Lipinski definition) is 3. The molecule has 0 unspecified atom stereocenters. The number of pyridine rings is 1. The molecule has 6 heteroatoms. The summed E-state index contributed by atoms with van der Waals surface area (Å²) in [6, 6.07) is 6.47. The summed E-state index contributed by atoms with van der Waals surface area (Å²) in [5, 5.41) is 4.97. The Bertz CT molecular complexity index is 994. The van der Waals surface area contributed by atoms with Crippen molar-refractivity contribution in [3.63, 3.8) is 0 Å². The highest BCUT2D eigenvalue weighted by Crippen LogP contribution is 2.32. The Hall–Kier alpha value is -2.76. The molecule has 4 rings (SSSR count). The molecule has 5 nitrogen and oxygen atoms in total. The van der Waals surface area contributed by atoms with E-state index >= 15 is 0 Å². The highest BCUT2D eigenvalue weighted by atomic mass is 19.1. The molecule has 0 fully saturated rings. The van der Waals surface area contributed by atoms with Crippen molar-refractivity contribution in [2.24, 2.45) is 7.05 Å². The zero-order chi connectivity index (χ0) is 17.7. The Morgan fingerprint density at radius 1 is 1.32 bits per heavy atom. The summed E-state index contributed by atoms with van der Waals surface area (Å²) in [4.78, 5) is 19.5. The van der Waals surface area contributed by atoms with Crippen LogP contribution in [0.25, 0.3) is 11.0 Å². The van der Waals surface area contributed by atoms with Crippen LogP contribution in [-0.2, 0) is 13.5 Å². The van der Waals surface area contributed by atoms with Gasteiger partial charge >= 0.3 is 0 Å². The van der Waals surface area contributed by atoms with Crippen molar-refractivity contribution in [1.29, 1.82) is 0 Å². The van der Waals surface area contributed by atoms with Gasteiger partial charge in [0.1, 0.15) is 5.82 Å². The van der Waals surface area contributed by atoms with Gasteiger partial charge in [-0.15, -0.1) is 0 Å². The smallest absolute Gasteiger partial charge is 0.255 e. The quantitative estimate of drug-likeness (QED) is 0.685. The first-order valence-electron chi connectivity index (χ1n) is 8.34. The van der Waals surface area contributed by atoms with Crippen LogP contribution in [0.5, 0.6) is 0 Å². The summed E-state index contributed by atoms with van der Waals surface area (Å²) in [7, 11) is 1.81. The van der Waals surface area contributed by atoms with E-state index in [1.807, 2.05) is 31.9 Å². The Kier molecular flexibility index (Phi) is 3.56. The maximum absolute atomic E-state index is 13.7. The lowest BCUT2D eigenvalue weighted by molar-refractivity contribution is 0.0679. The van der Waals surface area contributed by atoms with E-state index in [9.17, 15) is 9.18 Å². The number of fused-ring (bicyclic) bond motifs is 2. The third kappa shape index (κ3) is 2.49. The topological polar surface area (TPSA) is 51.0 Å². The fourth-order valence-corrected chi connectivity index (χ4v) is 3.63. The predicted molar refractivity (Wildman–Crippen MR) is 92.8 cm³/mol. The lowest BCUT2D eigenvalue weighted by atomic mass is 9.92. The number of carbonyl (C=O) groups excluding carboxylic acids is 1. The van der Waals surface area contributed by atoms with E-state index in [1.54, 1.807) is 16.9 Å². The van der Waals surface area contributed by atoms with Crippen molar-refractivity contribution >= 4 is 16.9 Å². The van der Waals surface area contributed by atoms with E-state index in [-0.39, 0.29) is 17.8 Å². The molecule has 0 spiro atoms. The van der Waals surface area contributed by atoms with Gasteiger partial charge in [0, 0.05) is 19.3 Å². The van der Waals surface area contributed by atoms with Gasteiger partial charge in [-0.05, 0) is 49.6 Å². The number of aromatic nitrogens is 3. The Morgan fingerprint density at radius 3 is 2.92 bits per heavy atom. The standard InChI is InChI=1S/C19H19FN4O/c1-11-8-16(17-10-21-23(3)18(17)22-11)19(25)24-7-6-13-4-5-14(20)9-15(13)12(24)2/h4-5,8-10,12H,6-7H2,1-3H3/t12-/m1/s1. The Labute approximate surface area is 145 Å². The predicted octanol–water partition coefficient (Wildman–Crippen LogP) is 3.18. The monoisotopic (exact) mass is 338 g/mol. The molecular weight excluding hydrogens is 319 g/mol. The second-order valence-corrected chi connectivity index (χ2v) is 6.58. The highest BCUT2D eigenvalue weighted by Gasteiger charge is 2.30. The maximum Gasteiger partial charge on any atom is 0.255 e. The lowest BCUT2D eigenvalue weighted by Crippen LogP contribution is -2.39. The number of carbonyl (C=O) groups is 1. The molecule has 1 aliphatic heterocycles. The molecule has 0 aliphatic carbocycles. The molecule has 0 N–H and O–H groups in total. The number of nitrogens with zero attached hydrogens (tertiary/aromatic N) is 4. The van der Waals surface area contributed by atoms with Gasteiger partial charge in [0.2, 0.25) is 0 Å². The van der Waals surface area contributed by atoms with Crippen molar-refractivity contribution in [2.45, 2.75) is 26.3 Å². The van der Waals surface area contributed by atoms with Crippen molar-refractivity contribution in [1.82, 2.24) is 19.7 Å². The number of hydrogen-bond donors (Lipinski definition) is 0. The number of aryl methyl sites for hydroxylation is 2. The van der Waals surface area contributed by atoms with Crippen LogP contribution in [0.3, 0.4) is 0 Å². The number of amides is 1. The van der Waals surface area contributed by atoms with Crippen LogP contribution in [0.1, 0.15) is 40.1 Å². The normalized spacial score (nSPS) is 17.0. The Morgan fingerprint density at radius 2 is 2.12 bits per heavy atom. The van der Waals surface area contributed by atoms with Crippen molar-refractivity contribution < 1.29 is 9.18 Å². The minimum Gasteiger partial charge on any atom is -0.332 e. The van der Waals surface area contributed by atoms with Crippen LogP contribution < -0.4 is 0 Å². The summed E-state index contributed by atoms with van der Waals surface area (Å²) in [5.41, 5.74) is 4.06. The van der Waals surface area contributed by atoms with E-state index in [1.165, 1.54) is 12.1 Å². The summed E-state index contributed by atoms with van der Waals surface area (Å²) in [5.74, 6) is -0.333. The van der Waals surface area contributed by atoms with Gasteiger partial charge in [-0.3, -0.25) is 9.48 Å². The number of halogens is 1. The third-order valence-corrected chi connectivity index (χ3v) is 4.97. The molecule has 1 aromatic carbocycles. The molecule has 25 heavy (non-hydrogen) atoms. The lowest BCUT2D eigenvalue weighted by Gasteiger charge is -2.35. The SMILES string of the molecule is Cc1cc(C(=O)N2CCc3ccc(F)cc3[C@H]2C)c2cnn(C)c2n1. The summed E-state index contributed by atoms with van der Waals surface area (Å²) < 4.78 is 15.3. The van der Waals surface area contributed by atoms with E-state index < -0.39 is 0 Å². The molecule has 1 amide bonds. The van der Waals surface area contributed by atoms with Crippen LogP contribution in [0.15, 0.2) is 30.5 Å². The van der Waals surface area contributed by atoms with Crippen LogP contribution in [-0.4, -0.2) is 32.1 Å². The van der Waals surface area contributed by atoms with Gasteiger partial charge in [-0.2, -0.15) is 5.10 Å². The Balaban J connectivity index is 1.77. The molecule has 3 heterocycles. The van der Waals surface area contributed by atoms with Crippen molar-refractivity contribution in [3.05, 3.63) is 58.7 Å². The van der Waals surface area contributed by atoms with Gasteiger partial charge in [-0.1, -0.05) is 6.07 Å². The van der Waals surface area contributed by atoms with E-state index in [4.69, 9.17) is 0 Å². The molecule has 1 atom stereocenters. The van der Waals surface area contributed by atoms with Crippen LogP contribution in [0.2, 0.25) is 0 Å². The summed E-state index contributed by atoms with van der Waals surface area (Å²) in [6.07, 6.45) is 2.41. The highest BCUT2D eigenvalue weighted by molar-refractivity contribution is 6.05. The van der Waals surface area contributed by atoms with Gasteiger partial charge in [0.25, 0.3) is 5.91 Å². The van der Waals surface area contributed by atoms with E-state index in [2.05, 4.69) is 10.1 Å². The minimum absolute atomic E-state index is 0.0640. The summed E-state index contributed by atoms with van der Waals surface area (Å²) >= 11 is 0. The van der Waals surface area contributed by atoms with Crippen molar-refractivity contribution in [3.8, 4) is 0 Å². The average molecular weight is 338 g/mol. The number of rotatable bonds is 1. The van der Waals surface area contributed by atoms with Gasteiger partial charge in [0.15, 0.2) is 5.65 Å². The first kappa shape index (κ1) is 15.7. The van der Waals surface area contributed by atoms with Crippen LogP contribution >= 0.6 is 0 Å². The van der Waals surface area contributed by atoms with E-state index in [0.717, 1.165) is 28.6 Å². The van der Waals surface area contributed by atoms with Crippen LogP contribution in [0.4, 0.5) is 4.39 Å². The van der Waals surface area contributed by atoms with E-state index in [0.29, 0.717) is 17.8 Å².